The van der Waals surface area contributed by atoms with Gasteiger partial charge in [-0.2, -0.15) is 0 Å². The summed E-state index contributed by atoms with van der Waals surface area (Å²) in [4.78, 5) is 16.2. The molecule has 1 fully saturated rings. The Morgan fingerprint density at radius 3 is 2.86 bits per heavy atom. The third kappa shape index (κ3) is 3.43. The van der Waals surface area contributed by atoms with Gasteiger partial charge in [0.1, 0.15) is 6.61 Å². The number of carboxylic acid groups (broad SMARTS) is 1. The van der Waals surface area contributed by atoms with Crippen LogP contribution >= 0.6 is 0 Å². The number of H-pyrrole nitrogens is 1. The molecule has 0 bridgehead atoms. The van der Waals surface area contributed by atoms with Crippen molar-refractivity contribution in [1.82, 2.24) is 9.88 Å². The van der Waals surface area contributed by atoms with Crippen molar-refractivity contribution in [3.05, 3.63) is 36.0 Å². The topological polar surface area (TPSA) is 65.6 Å². The molecule has 2 aromatic rings. The van der Waals surface area contributed by atoms with E-state index in [9.17, 15) is 4.79 Å². The van der Waals surface area contributed by atoms with Crippen LogP contribution in [0, 0.1) is 0 Å². The number of aromatic nitrogens is 1. The second-order valence-corrected chi connectivity index (χ2v) is 5.54. The number of para-hydroxylation sites is 1. The number of benzene rings is 1. The number of piperidine rings is 1. The summed E-state index contributed by atoms with van der Waals surface area (Å²) in [6, 6.07) is 8.33. The van der Waals surface area contributed by atoms with Gasteiger partial charge in [0.25, 0.3) is 0 Å². The number of nitrogens with zero attached hydrogens (tertiary/aromatic N) is 1. The Bertz CT molecular complexity index is 615. The summed E-state index contributed by atoms with van der Waals surface area (Å²) in [6.45, 7) is 2.64. The summed E-state index contributed by atoms with van der Waals surface area (Å²) in [5.41, 5.74) is 2.49. The van der Waals surface area contributed by atoms with Crippen LogP contribution in [0.5, 0.6) is 0 Å². The Balaban J connectivity index is 1.54. The lowest BCUT2D eigenvalue weighted by atomic mass is 10.1. The molecule has 0 spiro atoms. The van der Waals surface area contributed by atoms with Gasteiger partial charge in [0.05, 0.1) is 6.10 Å². The molecule has 2 heterocycles. The molecule has 0 atom stereocenters. The maximum atomic E-state index is 10.5. The summed E-state index contributed by atoms with van der Waals surface area (Å²) in [5, 5.41) is 9.91. The van der Waals surface area contributed by atoms with Crippen molar-refractivity contribution in [3.63, 3.8) is 0 Å². The standard InChI is InChI=1S/C16H20N2O3/c19-16(20)11-21-13-5-7-18(8-6-13)10-12-9-17-15-4-2-1-3-14(12)15/h1-4,9,13,17H,5-8,10-11H2,(H,19,20). The van der Waals surface area contributed by atoms with E-state index in [2.05, 4.69) is 34.3 Å². The molecule has 1 saturated heterocycles. The molecule has 0 unspecified atom stereocenters. The number of ether oxygens (including phenoxy) is 1. The van der Waals surface area contributed by atoms with E-state index in [4.69, 9.17) is 9.84 Å². The largest absolute Gasteiger partial charge is 0.480 e. The number of likely N-dealkylation sites (tertiary alicyclic amines) is 1. The zero-order valence-electron chi connectivity index (χ0n) is 11.9. The van der Waals surface area contributed by atoms with Crippen LogP contribution in [0.25, 0.3) is 10.9 Å². The summed E-state index contributed by atoms with van der Waals surface area (Å²) in [5.74, 6) is -0.892. The summed E-state index contributed by atoms with van der Waals surface area (Å²) in [6.07, 6.45) is 3.96. The molecule has 21 heavy (non-hydrogen) atoms. The third-order valence-corrected chi connectivity index (χ3v) is 4.05. The lowest BCUT2D eigenvalue weighted by molar-refractivity contribution is -0.145. The minimum absolute atomic E-state index is 0.0836. The van der Waals surface area contributed by atoms with E-state index in [1.807, 2.05) is 6.07 Å². The van der Waals surface area contributed by atoms with Crippen LogP contribution in [0.2, 0.25) is 0 Å². The number of fused-ring (bicyclic) bond motifs is 1. The highest BCUT2D eigenvalue weighted by molar-refractivity contribution is 5.82. The van der Waals surface area contributed by atoms with Gasteiger partial charge in [-0.3, -0.25) is 4.90 Å². The number of aliphatic carboxylic acids is 1. The first-order valence-electron chi connectivity index (χ1n) is 7.33. The maximum absolute atomic E-state index is 10.5. The highest BCUT2D eigenvalue weighted by Crippen LogP contribution is 2.21. The third-order valence-electron chi connectivity index (χ3n) is 4.05. The van der Waals surface area contributed by atoms with E-state index >= 15 is 0 Å². The Morgan fingerprint density at radius 1 is 1.33 bits per heavy atom. The van der Waals surface area contributed by atoms with Crippen LogP contribution in [-0.4, -0.2) is 46.8 Å². The predicted molar refractivity (Wildman–Crippen MR) is 80.2 cm³/mol. The average Bonchev–Trinajstić information content (AvgIpc) is 2.90. The van der Waals surface area contributed by atoms with E-state index in [1.54, 1.807) is 0 Å². The number of rotatable bonds is 5. The quantitative estimate of drug-likeness (QED) is 0.885. The van der Waals surface area contributed by atoms with Crippen LogP contribution < -0.4 is 0 Å². The summed E-state index contributed by atoms with van der Waals surface area (Å²) >= 11 is 0. The van der Waals surface area contributed by atoms with Crippen LogP contribution in [0.3, 0.4) is 0 Å². The second-order valence-electron chi connectivity index (χ2n) is 5.54. The first-order chi connectivity index (χ1) is 10.2. The molecule has 1 aromatic carbocycles. The number of nitrogens with one attached hydrogen (secondary N) is 1. The normalized spacial score (nSPS) is 17.3. The van der Waals surface area contributed by atoms with Crippen LogP contribution in [0.4, 0.5) is 0 Å². The summed E-state index contributed by atoms with van der Waals surface area (Å²) in [7, 11) is 0. The zero-order chi connectivity index (χ0) is 14.7. The lowest BCUT2D eigenvalue weighted by Crippen LogP contribution is -2.37. The van der Waals surface area contributed by atoms with Gasteiger partial charge in [-0.05, 0) is 24.5 Å². The molecule has 3 rings (SSSR count). The molecule has 5 nitrogen and oxygen atoms in total. The first-order valence-corrected chi connectivity index (χ1v) is 7.33. The SMILES string of the molecule is O=C(O)COC1CCN(Cc2c[nH]c3ccccc23)CC1. The molecule has 5 heteroatoms. The van der Waals surface area contributed by atoms with Crippen molar-refractivity contribution >= 4 is 16.9 Å². The minimum Gasteiger partial charge on any atom is -0.480 e. The van der Waals surface area contributed by atoms with Gasteiger partial charge in [-0.25, -0.2) is 4.79 Å². The molecule has 1 aliphatic rings. The molecule has 1 aliphatic heterocycles. The molecule has 2 N–H and O–H groups in total. The number of hydrogen-bond donors (Lipinski definition) is 2. The molecule has 0 aliphatic carbocycles. The zero-order valence-corrected chi connectivity index (χ0v) is 11.9. The van der Waals surface area contributed by atoms with Crippen LogP contribution in [0.15, 0.2) is 30.5 Å². The Labute approximate surface area is 123 Å². The van der Waals surface area contributed by atoms with Crippen molar-refractivity contribution in [2.24, 2.45) is 0 Å². The average molecular weight is 288 g/mol. The highest BCUT2D eigenvalue weighted by atomic mass is 16.5. The smallest absolute Gasteiger partial charge is 0.329 e. The molecule has 112 valence electrons. The van der Waals surface area contributed by atoms with E-state index in [0.29, 0.717) is 0 Å². The number of carboxylic acids is 1. The molecule has 0 amide bonds. The van der Waals surface area contributed by atoms with Crippen molar-refractivity contribution < 1.29 is 14.6 Å². The van der Waals surface area contributed by atoms with Gasteiger partial charge >= 0.3 is 5.97 Å². The van der Waals surface area contributed by atoms with E-state index in [-0.39, 0.29) is 12.7 Å². The fourth-order valence-electron chi connectivity index (χ4n) is 2.93. The monoisotopic (exact) mass is 288 g/mol. The maximum Gasteiger partial charge on any atom is 0.329 e. The van der Waals surface area contributed by atoms with E-state index in [1.165, 1.54) is 16.5 Å². The Kier molecular flexibility index (Phi) is 4.22. The molecule has 1 aromatic heterocycles. The molecule has 0 radical (unpaired) electrons. The van der Waals surface area contributed by atoms with Crippen molar-refractivity contribution in [2.45, 2.75) is 25.5 Å². The van der Waals surface area contributed by atoms with Gasteiger partial charge < -0.3 is 14.8 Å². The van der Waals surface area contributed by atoms with Gasteiger partial charge in [-0.15, -0.1) is 0 Å². The van der Waals surface area contributed by atoms with Gasteiger partial charge in [0.2, 0.25) is 0 Å². The van der Waals surface area contributed by atoms with E-state index < -0.39 is 5.97 Å². The van der Waals surface area contributed by atoms with Gasteiger partial charge in [-0.1, -0.05) is 18.2 Å². The van der Waals surface area contributed by atoms with Crippen molar-refractivity contribution in [3.8, 4) is 0 Å². The minimum atomic E-state index is -0.892. The predicted octanol–water partition coefficient (Wildman–Crippen LogP) is 2.23. The number of carbonyl (C=O) groups is 1. The Morgan fingerprint density at radius 2 is 2.10 bits per heavy atom. The molecular weight excluding hydrogens is 268 g/mol. The fourth-order valence-corrected chi connectivity index (χ4v) is 2.93. The second kappa shape index (κ2) is 6.28. The Hall–Kier alpha value is -1.85. The van der Waals surface area contributed by atoms with E-state index in [0.717, 1.165) is 32.5 Å². The number of aromatic amines is 1. The highest BCUT2D eigenvalue weighted by Gasteiger charge is 2.21. The first kappa shape index (κ1) is 14.1. The van der Waals surface area contributed by atoms with Crippen LogP contribution in [0.1, 0.15) is 18.4 Å². The number of hydrogen-bond acceptors (Lipinski definition) is 3. The lowest BCUT2D eigenvalue weighted by Gasteiger charge is -2.31. The fraction of sp³-hybridized carbons (Fsp3) is 0.438. The molecule has 0 saturated carbocycles. The summed E-state index contributed by atoms with van der Waals surface area (Å²) < 4.78 is 5.37. The van der Waals surface area contributed by atoms with Gasteiger partial charge in [0.15, 0.2) is 0 Å². The van der Waals surface area contributed by atoms with Crippen LogP contribution in [-0.2, 0) is 16.1 Å². The molecular formula is C16H20N2O3. The van der Waals surface area contributed by atoms with Crippen molar-refractivity contribution in [1.29, 1.82) is 0 Å². The van der Waals surface area contributed by atoms with Crippen molar-refractivity contribution in [2.75, 3.05) is 19.7 Å². The van der Waals surface area contributed by atoms with Gasteiger partial charge in [0, 0.05) is 36.7 Å².